The minimum atomic E-state index is 0.573. The Labute approximate surface area is 148 Å². The number of hydrogen-bond acceptors (Lipinski definition) is 3. The normalized spacial score (nSPS) is 29.4. The first-order valence-corrected chi connectivity index (χ1v) is 9.33. The second-order valence-corrected chi connectivity index (χ2v) is 7.56. The van der Waals surface area contributed by atoms with Crippen molar-refractivity contribution in [2.45, 2.75) is 50.1 Å². The molecular weight excluding hydrogens is 318 g/mol. The molecule has 2 fully saturated rings. The molecule has 2 aliphatic rings. The Kier molecular flexibility index (Phi) is 4.83. The molecule has 2 aromatic rings. The Bertz CT molecular complexity index is 658. The second-order valence-electron chi connectivity index (χ2n) is 7.12. The summed E-state index contributed by atoms with van der Waals surface area (Å²) in [4.78, 5) is 4.14. The summed E-state index contributed by atoms with van der Waals surface area (Å²) in [5.74, 6) is 1.41. The van der Waals surface area contributed by atoms with Crippen molar-refractivity contribution in [1.82, 2.24) is 15.8 Å². The van der Waals surface area contributed by atoms with Crippen LogP contribution in [0.5, 0.6) is 0 Å². The standard InChI is InChI=1S/C20H24ClN3/c21-17-5-1-14(2-6-17)3-8-19-18-7-4-16(13-20(18)24-23-19)15-9-11-22-12-10-15/h1-2,5-6,9-12,16,18-20,23-24H,3-4,7-8,13H2. The maximum Gasteiger partial charge on any atom is 0.0406 e. The summed E-state index contributed by atoms with van der Waals surface area (Å²) in [7, 11) is 0. The number of halogens is 1. The van der Waals surface area contributed by atoms with E-state index in [-0.39, 0.29) is 0 Å². The van der Waals surface area contributed by atoms with E-state index in [4.69, 9.17) is 11.6 Å². The van der Waals surface area contributed by atoms with Gasteiger partial charge in [-0.25, -0.2) is 0 Å². The molecule has 0 amide bonds. The molecule has 2 N–H and O–H groups in total. The molecule has 1 aromatic heterocycles. The van der Waals surface area contributed by atoms with Crippen LogP contribution in [0.15, 0.2) is 48.8 Å². The summed E-state index contributed by atoms with van der Waals surface area (Å²) in [5, 5.41) is 0.814. The Morgan fingerprint density at radius 3 is 2.58 bits per heavy atom. The zero-order chi connectivity index (χ0) is 16.4. The molecule has 3 nitrogen and oxygen atoms in total. The molecule has 4 unspecified atom stereocenters. The molecule has 1 saturated heterocycles. The number of aryl methyl sites for hydroxylation is 1. The van der Waals surface area contributed by atoms with Crippen LogP contribution in [0.3, 0.4) is 0 Å². The van der Waals surface area contributed by atoms with Crippen LogP contribution in [0.4, 0.5) is 0 Å². The Morgan fingerprint density at radius 1 is 1.00 bits per heavy atom. The van der Waals surface area contributed by atoms with Gasteiger partial charge >= 0.3 is 0 Å². The van der Waals surface area contributed by atoms with Gasteiger partial charge in [0.25, 0.3) is 0 Å². The molecule has 0 bridgehead atoms. The number of rotatable bonds is 4. The van der Waals surface area contributed by atoms with Gasteiger partial charge in [0.1, 0.15) is 0 Å². The van der Waals surface area contributed by atoms with Crippen LogP contribution in [0.1, 0.15) is 42.7 Å². The van der Waals surface area contributed by atoms with Crippen molar-refractivity contribution in [2.24, 2.45) is 5.92 Å². The summed E-state index contributed by atoms with van der Waals surface area (Å²) < 4.78 is 0. The van der Waals surface area contributed by atoms with Gasteiger partial charge in [-0.15, -0.1) is 0 Å². The first-order valence-electron chi connectivity index (χ1n) is 8.95. The van der Waals surface area contributed by atoms with Gasteiger partial charge in [-0.05, 0) is 79.3 Å². The smallest absolute Gasteiger partial charge is 0.0406 e. The fourth-order valence-corrected chi connectivity index (χ4v) is 4.49. The monoisotopic (exact) mass is 341 g/mol. The molecule has 0 radical (unpaired) electrons. The van der Waals surface area contributed by atoms with E-state index in [1.165, 1.54) is 36.8 Å². The number of pyridine rings is 1. The summed E-state index contributed by atoms with van der Waals surface area (Å²) >= 11 is 5.97. The molecule has 4 rings (SSSR count). The molecule has 1 aliphatic carbocycles. The lowest BCUT2D eigenvalue weighted by atomic mass is 9.73. The molecule has 24 heavy (non-hydrogen) atoms. The van der Waals surface area contributed by atoms with Crippen LogP contribution in [0, 0.1) is 5.92 Å². The van der Waals surface area contributed by atoms with Gasteiger partial charge in [0.05, 0.1) is 0 Å². The number of fused-ring (bicyclic) bond motifs is 1. The van der Waals surface area contributed by atoms with E-state index in [1.54, 1.807) is 0 Å². The van der Waals surface area contributed by atoms with Gasteiger partial charge in [0.2, 0.25) is 0 Å². The van der Waals surface area contributed by atoms with Crippen molar-refractivity contribution in [1.29, 1.82) is 0 Å². The SMILES string of the molecule is Clc1ccc(CCC2NNC3CC(c4ccncc4)CCC23)cc1. The third-order valence-electron chi connectivity index (χ3n) is 5.71. The summed E-state index contributed by atoms with van der Waals surface area (Å²) in [6.07, 6.45) is 9.91. The molecule has 2 heterocycles. The molecular formula is C20H24ClN3. The van der Waals surface area contributed by atoms with Gasteiger partial charge < -0.3 is 0 Å². The van der Waals surface area contributed by atoms with Crippen molar-refractivity contribution in [2.75, 3.05) is 0 Å². The quantitative estimate of drug-likeness (QED) is 0.879. The Hall–Kier alpha value is -1.42. The highest BCUT2D eigenvalue weighted by Gasteiger charge is 2.39. The third-order valence-corrected chi connectivity index (χ3v) is 5.96. The molecule has 4 atom stereocenters. The fourth-order valence-electron chi connectivity index (χ4n) is 4.36. The molecule has 1 aliphatic heterocycles. The number of nitrogens with one attached hydrogen (secondary N) is 2. The van der Waals surface area contributed by atoms with Crippen LogP contribution in [0.25, 0.3) is 0 Å². The lowest BCUT2D eigenvalue weighted by Gasteiger charge is -2.33. The summed E-state index contributed by atoms with van der Waals surface area (Å²) in [5.41, 5.74) is 9.94. The number of hydrazine groups is 1. The first-order chi connectivity index (χ1) is 11.8. The predicted molar refractivity (Wildman–Crippen MR) is 97.9 cm³/mol. The molecule has 126 valence electrons. The highest BCUT2D eigenvalue weighted by Crippen LogP contribution is 2.39. The minimum Gasteiger partial charge on any atom is -0.265 e. The van der Waals surface area contributed by atoms with E-state index < -0.39 is 0 Å². The van der Waals surface area contributed by atoms with Crippen molar-refractivity contribution in [3.05, 3.63) is 64.9 Å². The Balaban J connectivity index is 1.34. The molecule has 1 saturated carbocycles. The Morgan fingerprint density at radius 2 is 1.79 bits per heavy atom. The van der Waals surface area contributed by atoms with Gasteiger partial charge in [0, 0.05) is 29.5 Å². The first kappa shape index (κ1) is 16.1. The summed E-state index contributed by atoms with van der Waals surface area (Å²) in [6, 6.07) is 13.8. The van der Waals surface area contributed by atoms with Crippen LogP contribution < -0.4 is 10.9 Å². The average molecular weight is 342 g/mol. The number of aromatic nitrogens is 1. The lowest BCUT2D eigenvalue weighted by Crippen LogP contribution is -2.35. The number of benzene rings is 1. The van der Waals surface area contributed by atoms with E-state index in [2.05, 4.69) is 40.1 Å². The topological polar surface area (TPSA) is 37.0 Å². The van der Waals surface area contributed by atoms with Crippen LogP contribution in [-0.4, -0.2) is 17.1 Å². The zero-order valence-electron chi connectivity index (χ0n) is 13.8. The van der Waals surface area contributed by atoms with Gasteiger partial charge in [-0.1, -0.05) is 23.7 Å². The molecule has 4 heteroatoms. The van der Waals surface area contributed by atoms with Crippen molar-refractivity contribution in [3.8, 4) is 0 Å². The van der Waals surface area contributed by atoms with E-state index in [0.29, 0.717) is 18.0 Å². The van der Waals surface area contributed by atoms with E-state index in [1.807, 2.05) is 24.5 Å². The van der Waals surface area contributed by atoms with E-state index in [0.717, 1.165) is 17.4 Å². The number of hydrogen-bond donors (Lipinski definition) is 2. The van der Waals surface area contributed by atoms with Gasteiger partial charge in [-0.2, -0.15) is 0 Å². The zero-order valence-corrected chi connectivity index (χ0v) is 14.5. The van der Waals surface area contributed by atoms with Crippen LogP contribution in [0.2, 0.25) is 5.02 Å². The molecule has 0 spiro atoms. The highest BCUT2D eigenvalue weighted by atomic mass is 35.5. The van der Waals surface area contributed by atoms with Crippen molar-refractivity contribution < 1.29 is 0 Å². The van der Waals surface area contributed by atoms with E-state index >= 15 is 0 Å². The molecule has 1 aromatic carbocycles. The van der Waals surface area contributed by atoms with Gasteiger partial charge in [-0.3, -0.25) is 15.8 Å². The van der Waals surface area contributed by atoms with E-state index in [9.17, 15) is 0 Å². The minimum absolute atomic E-state index is 0.573. The maximum atomic E-state index is 5.97. The van der Waals surface area contributed by atoms with Gasteiger partial charge in [0.15, 0.2) is 0 Å². The largest absolute Gasteiger partial charge is 0.265 e. The van der Waals surface area contributed by atoms with Crippen molar-refractivity contribution >= 4 is 11.6 Å². The van der Waals surface area contributed by atoms with Crippen LogP contribution >= 0.6 is 11.6 Å². The highest BCUT2D eigenvalue weighted by molar-refractivity contribution is 6.30. The predicted octanol–water partition coefficient (Wildman–Crippen LogP) is 4.10. The maximum absolute atomic E-state index is 5.97. The summed E-state index contributed by atoms with van der Waals surface area (Å²) in [6.45, 7) is 0. The van der Waals surface area contributed by atoms with Crippen LogP contribution in [-0.2, 0) is 6.42 Å². The number of nitrogens with zero attached hydrogens (tertiary/aromatic N) is 1. The second kappa shape index (κ2) is 7.22. The lowest BCUT2D eigenvalue weighted by molar-refractivity contribution is 0.274. The third kappa shape index (κ3) is 3.49. The average Bonchev–Trinajstić information content (AvgIpc) is 3.04. The van der Waals surface area contributed by atoms with Crippen molar-refractivity contribution in [3.63, 3.8) is 0 Å². The fraction of sp³-hybridized carbons (Fsp3) is 0.450.